The van der Waals surface area contributed by atoms with Gasteiger partial charge in [-0.2, -0.15) is 0 Å². The normalized spacial score (nSPS) is 11.0. The molecule has 0 spiro atoms. The van der Waals surface area contributed by atoms with Crippen LogP contribution in [-0.2, 0) is 0 Å². The zero-order chi connectivity index (χ0) is 14.1. The number of unbranched alkanes of at least 4 members (excludes halogenated alkanes) is 3. The van der Waals surface area contributed by atoms with Gasteiger partial charge in [0.05, 0.1) is 11.1 Å². The van der Waals surface area contributed by atoms with Crippen molar-refractivity contribution in [2.75, 3.05) is 13.2 Å². The maximum absolute atomic E-state index is 5.75. The summed E-state index contributed by atoms with van der Waals surface area (Å²) in [4.78, 5) is 0. The van der Waals surface area contributed by atoms with Crippen LogP contribution < -0.4 is 10.1 Å². The van der Waals surface area contributed by atoms with E-state index in [-0.39, 0.29) is 0 Å². The maximum Gasteiger partial charge on any atom is 0.133 e. The lowest BCUT2D eigenvalue weighted by Gasteiger charge is -2.09. The van der Waals surface area contributed by atoms with Gasteiger partial charge in [0.15, 0.2) is 0 Å². The minimum Gasteiger partial charge on any atom is -0.492 e. The van der Waals surface area contributed by atoms with Gasteiger partial charge in [-0.15, -0.1) is 0 Å². The quantitative estimate of drug-likeness (QED) is 0.586. The fourth-order valence-electron chi connectivity index (χ4n) is 1.75. The van der Waals surface area contributed by atoms with Crippen LogP contribution >= 0.6 is 31.9 Å². The van der Waals surface area contributed by atoms with Crippen molar-refractivity contribution < 1.29 is 4.74 Å². The second-order valence-corrected chi connectivity index (χ2v) is 6.72. The van der Waals surface area contributed by atoms with Crippen molar-refractivity contribution >= 4 is 31.9 Å². The third-order valence-corrected chi connectivity index (χ3v) is 3.89. The van der Waals surface area contributed by atoms with E-state index in [0.717, 1.165) is 34.3 Å². The Morgan fingerprint density at radius 1 is 1.11 bits per heavy atom. The number of halogens is 2. The Kier molecular flexibility index (Phi) is 8.75. The minimum absolute atomic E-state index is 0.595. The van der Waals surface area contributed by atoms with Gasteiger partial charge in [-0.25, -0.2) is 0 Å². The third-order valence-electron chi connectivity index (χ3n) is 2.78. The zero-order valence-corrected chi connectivity index (χ0v) is 14.9. The lowest BCUT2D eigenvalue weighted by Crippen LogP contribution is -2.23. The molecule has 0 aliphatic heterocycles. The van der Waals surface area contributed by atoms with Crippen molar-refractivity contribution in [1.82, 2.24) is 5.32 Å². The number of hydrogen-bond acceptors (Lipinski definition) is 2. The summed E-state index contributed by atoms with van der Waals surface area (Å²) >= 11 is 6.93. The van der Waals surface area contributed by atoms with Gasteiger partial charge < -0.3 is 10.1 Å². The molecule has 1 aromatic carbocycles. The van der Waals surface area contributed by atoms with Crippen LogP contribution in [0.15, 0.2) is 27.1 Å². The molecule has 0 radical (unpaired) electrons. The molecule has 1 rings (SSSR count). The van der Waals surface area contributed by atoms with Gasteiger partial charge in [0.1, 0.15) is 5.75 Å². The third kappa shape index (κ3) is 7.95. The Hall–Kier alpha value is -0.0600. The zero-order valence-electron chi connectivity index (χ0n) is 11.7. The fraction of sp³-hybridized carbons (Fsp3) is 0.600. The minimum atomic E-state index is 0.595. The van der Waals surface area contributed by atoms with E-state index in [1.165, 1.54) is 19.3 Å². The summed E-state index contributed by atoms with van der Waals surface area (Å²) in [5.41, 5.74) is 0. The van der Waals surface area contributed by atoms with Crippen molar-refractivity contribution in [1.29, 1.82) is 0 Å². The van der Waals surface area contributed by atoms with E-state index < -0.39 is 0 Å². The standard InChI is InChI=1S/C15H23Br2NO/c1-12(2)18-9-5-3-4-6-10-19-15-8-7-13(16)11-14(15)17/h7-8,11-12,18H,3-6,9-10H2,1-2H3. The van der Waals surface area contributed by atoms with E-state index >= 15 is 0 Å². The second-order valence-electron chi connectivity index (χ2n) is 4.95. The van der Waals surface area contributed by atoms with Crippen LogP contribution in [0.25, 0.3) is 0 Å². The lowest BCUT2D eigenvalue weighted by atomic mass is 10.2. The summed E-state index contributed by atoms with van der Waals surface area (Å²) in [5.74, 6) is 0.921. The van der Waals surface area contributed by atoms with E-state index in [9.17, 15) is 0 Å². The average molecular weight is 393 g/mol. The molecule has 0 saturated carbocycles. The molecule has 0 bridgehead atoms. The van der Waals surface area contributed by atoms with Gasteiger partial charge >= 0.3 is 0 Å². The second kappa shape index (κ2) is 9.78. The summed E-state index contributed by atoms with van der Waals surface area (Å²) in [6, 6.07) is 6.59. The highest BCUT2D eigenvalue weighted by Crippen LogP contribution is 2.28. The smallest absolute Gasteiger partial charge is 0.133 e. The monoisotopic (exact) mass is 391 g/mol. The Bertz CT molecular complexity index is 369. The van der Waals surface area contributed by atoms with Crippen LogP contribution in [0.2, 0.25) is 0 Å². The number of hydrogen-bond donors (Lipinski definition) is 1. The van der Waals surface area contributed by atoms with Crippen LogP contribution in [0, 0.1) is 0 Å². The molecule has 108 valence electrons. The maximum atomic E-state index is 5.75. The molecule has 1 N–H and O–H groups in total. The Morgan fingerprint density at radius 3 is 2.53 bits per heavy atom. The van der Waals surface area contributed by atoms with Crippen molar-refractivity contribution in [2.45, 2.75) is 45.6 Å². The highest BCUT2D eigenvalue weighted by atomic mass is 79.9. The SMILES string of the molecule is CC(C)NCCCCCCOc1ccc(Br)cc1Br. The molecule has 0 fully saturated rings. The molecule has 0 atom stereocenters. The van der Waals surface area contributed by atoms with E-state index in [1.54, 1.807) is 0 Å². The van der Waals surface area contributed by atoms with Gasteiger partial charge in [-0.3, -0.25) is 0 Å². The molecule has 0 saturated heterocycles. The van der Waals surface area contributed by atoms with Crippen molar-refractivity contribution in [2.24, 2.45) is 0 Å². The first-order chi connectivity index (χ1) is 9.09. The first-order valence-electron chi connectivity index (χ1n) is 6.91. The number of nitrogens with one attached hydrogen (secondary N) is 1. The molecule has 0 amide bonds. The predicted octanol–water partition coefficient (Wildman–Crippen LogP) is 5.15. The number of ether oxygens (including phenoxy) is 1. The summed E-state index contributed by atoms with van der Waals surface area (Å²) in [7, 11) is 0. The average Bonchev–Trinajstić information content (AvgIpc) is 2.34. The predicted molar refractivity (Wildman–Crippen MR) is 88.9 cm³/mol. The summed E-state index contributed by atoms with van der Waals surface area (Å²) in [5, 5.41) is 3.43. The summed E-state index contributed by atoms with van der Waals surface area (Å²) in [6.07, 6.45) is 4.86. The van der Waals surface area contributed by atoms with Crippen LogP contribution in [0.5, 0.6) is 5.75 Å². The molecule has 1 aromatic rings. The van der Waals surface area contributed by atoms with Crippen molar-refractivity contribution in [3.63, 3.8) is 0 Å². The van der Waals surface area contributed by atoms with Gasteiger partial charge in [-0.1, -0.05) is 42.6 Å². The molecule has 0 heterocycles. The van der Waals surface area contributed by atoms with E-state index in [2.05, 4.69) is 51.0 Å². The van der Waals surface area contributed by atoms with E-state index in [0.29, 0.717) is 6.04 Å². The summed E-state index contributed by atoms with van der Waals surface area (Å²) < 4.78 is 7.82. The van der Waals surface area contributed by atoms with Crippen LogP contribution in [0.1, 0.15) is 39.5 Å². The highest BCUT2D eigenvalue weighted by molar-refractivity contribution is 9.11. The van der Waals surface area contributed by atoms with Gasteiger partial charge in [-0.05, 0) is 53.5 Å². The molecular weight excluding hydrogens is 370 g/mol. The van der Waals surface area contributed by atoms with Crippen LogP contribution in [0.4, 0.5) is 0 Å². The molecule has 19 heavy (non-hydrogen) atoms. The Morgan fingerprint density at radius 2 is 1.84 bits per heavy atom. The highest BCUT2D eigenvalue weighted by Gasteiger charge is 2.01. The fourth-order valence-corrected chi connectivity index (χ4v) is 2.91. The van der Waals surface area contributed by atoms with Crippen molar-refractivity contribution in [3.8, 4) is 5.75 Å². The molecule has 4 heteroatoms. The van der Waals surface area contributed by atoms with Crippen LogP contribution in [-0.4, -0.2) is 19.2 Å². The van der Waals surface area contributed by atoms with E-state index in [1.807, 2.05) is 18.2 Å². The molecule has 0 aromatic heterocycles. The first kappa shape index (κ1) is 17.0. The van der Waals surface area contributed by atoms with Gasteiger partial charge in [0.25, 0.3) is 0 Å². The van der Waals surface area contributed by atoms with Gasteiger partial charge in [0, 0.05) is 10.5 Å². The largest absolute Gasteiger partial charge is 0.492 e. The topological polar surface area (TPSA) is 21.3 Å². The Labute approximate surface area is 133 Å². The first-order valence-corrected chi connectivity index (χ1v) is 8.49. The molecule has 2 nitrogen and oxygen atoms in total. The van der Waals surface area contributed by atoms with Gasteiger partial charge in [0.2, 0.25) is 0 Å². The lowest BCUT2D eigenvalue weighted by molar-refractivity contribution is 0.302. The summed E-state index contributed by atoms with van der Waals surface area (Å²) in [6.45, 7) is 6.28. The van der Waals surface area contributed by atoms with Crippen LogP contribution in [0.3, 0.4) is 0 Å². The number of benzene rings is 1. The molecule has 0 aliphatic rings. The number of rotatable bonds is 9. The Balaban J connectivity index is 2.04. The molecular formula is C15H23Br2NO. The molecule has 0 unspecified atom stereocenters. The molecule has 0 aliphatic carbocycles. The van der Waals surface area contributed by atoms with Crippen molar-refractivity contribution in [3.05, 3.63) is 27.1 Å². The van der Waals surface area contributed by atoms with E-state index in [4.69, 9.17) is 4.74 Å².